The maximum atomic E-state index is 12.1. The van der Waals surface area contributed by atoms with Crippen LogP contribution in [0, 0.1) is 5.92 Å². The van der Waals surface area contributed by atoms with Gasteiger partial charge in [0, 0.05) is 6.54 Å². The SMILES string of the molecule is CCOC(=O)[C@H]1OC1C(=O)NC(CC(C)C)C(=O)NCCC(F)(F)F. The van der Waals surface area contributed by atoms with Gasteiger partial charge in [-0.05, 0) is 19.3 Å². The molecule has 144 valence electrons. The smallest absolute Gasteiger partial charge is 0.390 e. The topological polar surface area (TPSA) is 97.0 Å². The molecule has 2 N–H and O–H groups in total. The van der Waals surface area contributed by atoms with Crippen molar-refractivity contribution in [3.8, 4) is 0 Å². The summed E-state index contributed by atoms with van der Waals surface area (Å²) in [5.74, 6) is -2.04. The molecule has 1 aliphatic rings. The molecule has 1 fully saturated rings. The fraction of sp³-hybridized carbons (Fsp3) is 0.800. The van der Waals surface area contributed by atoms with Crippen LogP contribution in [0.1, 0.15) is 33.6 Å². The number of carbonyl (C=O) groups is 3. The average Bonchev–Trinajstić information content (AvgIpc) is 3.25. The summed E-state index contributed by atoms with van der Waals surface area (Å²) in [6, 6.07) is -1.01. The first-order valence-corrected chi connectivity index (χ1v) is 8.02. The van der Waals surface area contributed by atoms with Crippen molar-refractivity contribution in [2.75, 3.05) is 13.2 Å². The van der Waals surface area contributed by atoms with E-state index in [0.29, 0.717) is 0 Å². The molecule has 1 heterocycles. The Hall–Kier alpha value is -1.84. The van der Waals surface area contributed by atoms with Gasteiger partial charge in [0.1, 0.15) is 6.04 Å². The van der Waals surface area contributed by atoms with Gasteiger partial charge in [-0.3, -0.25) is 9.59 Å². The molecule has 0 aromatic carbocycles. The zero-order valence-electron chi connectivity index (χ0n) is 14.3. The lowest BCUT2D eigenvalue weighted by molar-refractivity contribution is -0.144. The molecule has 0 radical (unpaired) electrons. The highest BCUT2D eigenvalue weighted by Gasteiger charge is 2.52. The lowest BCUT2D eigenvalue weighted by Crippen LogP contribution is -2.49. The van der Waals surface area contributed by atoms with E-state index in [9.17, 15) is 27.6 Å². The normalized spacial score (nSPS) is 20.8. The van der Waals surface area contributed by atoms with E-state index in [2.05, 4.69) is 10.6 Å². The Morgan fingerprint density at radius 2 is 1.84 bits per heavy atom. The highest BCUT2D eigenvalue weighted by Crippen LogP contribution is 2.24. The predicted octanol–water partition coefficient (Wildman–Crippen LogP) is 0.916. The second-order valence-electron chi connectivity index (χ2n) is 6.08. The fourth-order valence-corrected chi connectivity index (χ4v) is 2.12. The molecule has 1 aliphatic heterocycles. The van der Waals surface area contributed by atoms with Crippen LogP contribution in [-0.4, -0.2) is 55.4 Å². The molecule has 0 bridgehead atoms. The second-order valence-corrected chi connectivity index (χ2v) is 6.08. The van der Waals surface area contributed by atoms with Crippen LogP contribution in [-0.2, 0) is 23.9 Å². The van der Waals surface area contributed by atoms with Gasteiger partial charge in [0.2, 0.25) is 5.91 Å². The summed E-state index contributed by atoms with van der Waals surface area (Å²) in [7, 11) is 0. The zero-order valence-corrected chi connectivity index (χ0v) is 14.3. The molecule has 2 unspecified atom stereocenters. The largest absolute Gasteiger partial charge is 0.464 e. The second kappa shape index (κ2) is 9.02. The molecule has 0 aliphatic carbocycles. The number of epoxide rings is 1. The fourth-order valence-electron chi connectivity index (χ4n) is 2.12. The van der Waals surface area contributed by atoms with Gasteiger partial charge in [-0.2, -0.15) is 13.2 Å². The van der Waals surface area contributed by atoms with E-state index in [1.807, 2.05) is 0 Å². The van der Waals surface area contributed by atoms with Crippen molar-refractivity contribution < 1.29 is 37.0 Å². The number of halogens is 3. The summed E-state index contributed by atoms with van der Waals surface area (Å²) < 4.78 is 46.1. The molecule has 0 aromatic rings. The molecular weight excluding hydrogens is 345 g/mol. The Balaban J connectivity index is 2.54. The van der Waals surface area contributed by atoms with Crippen LogP contribution in [0.5, 0.6) is 0 Å². The van der Waals surface area contributed by atoms with E-state index in [0.717, 1.165) is 0 Å². The zero-order chi connectivity index (χ0) is 19.2. The number of hydrogen-bond donors (Lipinski definition) is 2. The number of carbonyl (C=O) groups excluding carboxylic acids is 3. The minimum absolute atomic E-state index is 0.0136. The molecule has 1 saturated heterocycles. The maximum Gasteiger partial charge on any atom is 0.390 e. The van der Waals surface area contributed by atoms with Crippen LogP contribution in [0.25, 0.3) is 0 Å². The van der Waals surface area contributed by atoms with E-state index in [4.69, 9.17) is 9.47 Å². The number of hydrogen-bond acceptors (Lipinski definition) is 5. The van der Waals surface area contributed by atoms with Crippen molar-refractivity contribution in [1.29, 1.82) is 0 Å². The first-order chi connectivity index (χ1) is 11.5. The Labute approximate surface area is 143 Å². The van der Waals surface area contributed by atoms with Crippen LogP contribution in [0.15, 0.2) is 0 Å². The summed E-state index contributed by atoms with van der Waals surface area (Å²) in [6.07, 6.45) is -7.35. The van der Waals surface area contributed by atoms with Gasteiger partial charge >= 0.3 is 12.1 Å². The van der Waals surface area contributed by atoms with Crippen LogP contribution in [0.2, 0.25) is 0 Å². The summed E-state index contributed by atoms with van der Waals surface area (Å²) in [6.45, 7) is 4.79. The molecule has 0 aromatic heterocycles. The number of ether oxygens (including phenoxy) is 2. The van der Waals surface area contributed by atoms with Gasteiger partial charge in [0.05, 0.1) is 13.0 Å². The van der Waals surface area contributed by atoms with Crippen LogP contribution in [0.3, 0.4) is 0 Å². The third-order valence-electron chi connectivity index (χ3n) is 3.32. The Morgan fingerprint density at radius 1 is 1.20 bits per heavy atom. The molecule has 10 heteroatoms. The van der Waals surface area contributed by atoms with Crippen molar-refractivity contribution in [2.24, 2.45) is 5.92 Å². The molecule has 0 spiro atoms. The standard InChI is InChI=1S/C15H23F3N2O5/c1-4-24-14(23)11-10(25-11)13(22)20-9(7-8(2)3)12(21)19-6-5-15(16,17)18/h8-11H,4-7H2,1-3H3,(H,19,21)(H,20,22)/t9?,10?,11-/m0/s1. The summed E-state index contributed by atoms with van der Waals surface area (Å²) in [5, 5.41) is 4.58. The van der Waals surface area contributed by atoms with E-state index < -0.39 is 55.2 Å². The van der Waals surface area contributed by atoms with Gasteiger partial charge in [0.25, 0.3) is 5.91 Å². The number of rotatable bonds is 9. The monoisotopic (exact) mass is 368 g/mol. The van der Waals surface area contributed by atoms with E-state index >= 15 is 0 Å². The van der Waals surface area contributed by atoms with Gasteiger partial charge in [-0.1, -0.05) is 13.8 Å². The highest BCUT2D eigenvalue weighted by molar-refractivity contribution is 5.95. The molecule has 7 nitrogen and oxygen atoms in total. The van der Waals surface area contributed by atoms with Crippen molar-refractivity contribution in [3.63, 3.8) is 0 Å². The van der Waals surface area contributed by atoms with Crippen LogP contribution >= 0.6 is 0 Å². The highest BCUT2D eigenvalue weighted by atomic mass is 19.4. The Bertz CT molecular complexity index is 496. The number of nitrogens with one attached hydrogen (secondary N) is 2. The average molecular weight is 368 g/mol. The van der Waals surface area contributed by atoms with Gasteiger partial charge in [0.15, 0.2) is 12.2 Å². The molecular formula is C15H23F3N2O5. The molecule has 25 heavy (non-hydrogen) atoms. The predicted molar refractivity (Wildman–Crippen MR) is 80.4 cm³/mol. The van der Waals surface area contributed by atoms with Crippen molar-refractivity contribution in [3.05, 3.63) is 0 Å². The van der Waals surface area contributed by atoms with Crippen LogP contribution < -0.4 is 10.6 Å². The number of esters is 1. The number of alkyl halides is 3. The van der Waals surface area contributed by atoms with Gasteiger partial charge < -0.3 is 20.1 Å². The summed E-state index contributed by atoms with van der Waals surface area (Å²) in [5.41, 5.74) is 0. The maximum absolute atomic E-state index is 12.1. The quantitative estimate of drug-likeness (QED) is 0.466. The lowest BCUT2D eigenvalue weighted by Gasteiger charge is -2.20. The minimum Gasteiger partial charge on any atom is -0.464 e. The third-order valence-corrected chi connectivity index (χ3v) is 3.32. The molecule has 3 atom stereocenters. The first-order valence-electron chi connectivity index (χ1n) is 8.02. The first kappa shape index (κ1) is 21.2. The molecule has 2 amide bonds. The van der Waals surface area contributed by atoms with Crippen molar-refractivity contribution in [1.82, 2.24) is 10.6 Å². The summed E-state index contributed by atoms with van der Waals surface area (Å²) >= 11 is 0. The van der Waals surface area contributed by atoms with E-state index in [-0.39, 0.29) is 18.9 Å². The van der Waals surface area contributed by atoms with E-state index in [1.165, 1.54) is 0 Å². The third kappa shape index (κ3) is 7.72. The van der Waals surface area contributed by atoms with E-state index in [1.54, 1.807) is 20.8 Å². The Morgan fingerprint density at radius 3 is 2.36 bits per heavy atom. The van der Waals surface area contributed by atoms with Gasteiger partial charge in [-0.15, -0.1) is 0 Å². The van der Waals surface area contributed by atoms with Crippen molar-refractivity contribution >= 4 is 17.8 Å². The molecule has 0 saturated carbocycles. The lowest BCUT2D eigenvalue weighted by atomic mass is 10.0. The van der Waals surface area contributed by atoms with Crippen molar-refractivity contribution in [2.45, 2.75) is 58.0 Å². The summed E-state index contributed by atoms with van der Waals surface area (Å²) in [4.78, 5) is 35.5. The number of amides is 2. The molecule has 1 rings (SSSR count). The van der Waals surface area contributed by atoms with Crippen LogP contribution in [0.4, 0.5) is 13.2 Å². The Kier molecular flexibility index (Phi) is 7.65. The minimum atomic E-state index is -4.38. The van der Waals surface area contributed by atoms with Gasteiger partial charge in [-0.25, -0.2) is 4.79 Å².